The van der Waals surface area contributed by atoms with E-state index < -0.39 is 5.82 Å². The third-order valence-corrected chi connectivity index (χ3v) is 1.16. The van der Waals surface area contributed by atoms with E-state index in [1.807, 2.05) is 0 Å². The van der Waals surface area contributed by atoms with Crippen LogP contribution in [0.5, 0.6) is 0 Å². The van der Waals surface area contributed by atoms with E-state index in [1.165, 1.54) is 12.1 Å². The molecule has 0 fully saturated rings. The van der Waals surface area contributed by atoms with E-state index in [9.17, 15) is 4.39 Å². The van der Waals surface area contributed by atoms with Gasteiger partial charge in [-0.2, -0.15) is 0 Å². The van der Waals surface area contributed by atoms with E-state index in [0.717, 1.165) is 0 Å². The lowest BCUT2D eigenvalue weighted by Gasteiger charge is -1.96. The highest BCUT2D eigenvalue weighted by Crippen LogP contribution is 2.03. The summed E-state index contributed by atoms with van der Waals surface area (Å²) >= 11 is 0. The third kappa shape index (κ3) is 1.13. The Bertz CT molecular complexity index is 258. The second-order valence-electron chi connectivity index (χ2n) is 1.89. The highest BCUT2D eigenvalue weighted by Gasteiger charge is 2.00. The molecule has 0 aliphatic carbocycles. The number of nitrogen functional groups attached to an aromatic ring is 1. The molecule has 0 aliphatic heterocycles. The molecule has 2 nitrogen and oxygen atoms in total. The smallest absolute Gasteiger partial charge is 0.134 e. The maximum absolute atomic E-state index is 12.6. The van der Waals surface area contributed by atoms with Crippen LogP contribution in [0.4, 0.5) is 4.39 Å². The lowest BCUT2D eigenvalue weighted by atomic mass is 10.2. The van der Waals surface area contributed by atoms with Gasteiger partial charge in [0, 0.05) is 0 Å². The first-order chi connectivity index (χ1) is 4.72. The van der Waals surface area contributed by atoms with Gasteiger partial charge >= 0.3 is 0 Å². The molecule has 0 amide bonds. The van der Waals surface area contributed by atoms with Gasteiger partial charge in [0.25, 0.3) is 0 Å². The van der Waals surface area contributed by atoms with E-state index >= 15 is 0 Å². The molecule has 1 aromatic carbocycles. The van der Waals surface area contributed by atoms with Gasteiger partial charge in [-0.25, -0.2) is 4.39 Å². The minimum Gasteiger partial charge on any atom is -0.384 e. The maximum atomic E-state index is 12.6. The number of hydrogen-bond acceptors (Lipinski definition) is 1. The fraction of sp³-hybridized carbons (Fsp3) is 0. The molecule has 52 valence electrons. The average Bonchev–Trinajstić information content (AvgIpc) is 1.88. The highest BCUT2D eigenvalue weighted by molar-refractivity contribution is 5.95. The predicted molar refractivity (Wildman–Crippen MR) is 37.4 cm³/mol. The first-order valence-corrected chi connectivity index (χ1v) is 2.81. The number of rotatable bonds is 1. The Morgan fingerprint density at radius 1 is 1.40 bits per heavy atom. The van der Waals surface area contributed by atoms with Crippen molar-refractivity contribution in [2.24, 2.45) is 5.73 Å². The Labute approximate surface area is 58.0 Å². The van der Waals surface area contributed by atoms with Crippen LogP contribution < -0.4 is 5.73 Å². The lowest BCUT2D eigenvalue weighted by Crippen LogP contribution is -2.12. The Kier molecular flexibility index (Phi) is 1.67. The fourth-order valence-electron chi connectivity index (χ4n) is 0.680. The molecule has 0 heterocycles. The van der Waals surface area contributed by atoms with Gasteiger partial charge < -0.3 is 5.73 Å². The second-order valence-corrected chi connectivity index (χ2v) is 1.89. The van der Waals surface area contributed by atoms with Gasteiger partial charge in [-0.15, -0.1) is 0 Å². The molecule has 0 saturated carbocycles. The van der Waals surface area contributed by atoms with Crippen LogP contribution >= 0.6 is 0 Å². The summed E-state index contributed by atoms with van der Waals surface area (Å²) < 4.78 is 12.6. The number of amidine groups is 1. The normalized spacial score (nSPS) is 9.30. The molecule has 0 aromatic heterocycles. The summed E-state index contributed by atoms with van der Waals surface area (Å²) in [6, 6.07) is 5.94. The van der Waals surface area contributed by atoms with Crippen molar-refractivity contribution in [3.63, 3.8) is 0 Å². The van der Waals surface area contributed by atoms with Crippen molar-refractivity contribution < 1.29 is 4.39 Å². The Morgan fingerprint density at radius 3 is 2.40 bits per heavy atom. The summed E-state index contributed by atoms with van der Waals surface area (Å²) in [5.41, 5.74) is 5.21. The summed E-state index contributed by atoms with van der Waals surface area (Å²) in [5.74, 6) is -0.687. The molecular formula is C7H7FN2. The number of hydrogen-bond donors (Lipinski definition) is 2. The first kappa shape index (κ1) is 6.74. The molecule has 10 heavy (non-hydrogen) atoms. The molecule has 0 saturated heterocycles. The van der Waals surface area contributed by atoms with Crippen LogP contribution in [-0.4, -0.2) is 5.84 Å². The van der Waals surface area contributed by atoms with Crippen molar-refractivity contribution in [2.75, 3.05) is 0 Å². The predicted octanol–water partition coefficient (Wildman–Crippen LogP) is 1.11. The quantitative estimate of drug-likeness (QED) is 0.443. The standard InChI is InChI=1S/C7H7FN2/c8-6-4-2-1-3-5(6)7(9)10/h1-4H,(H3,9,10). The van der Waals surface area contributed by atoms with Gasteiger partial charge in [0.15, 0.2) is 0 Å². The Balaban J connectivity index is 3.15. The topological polar surface area (TPSA) is 49.9 Å². The van der Waals surface area contributed by atoms with E-state index in [-0.39, 0.29) is 11.4 Å². The first-order valence-electron chi connectivity index (χ1n) is 2.81. The highest BCUT2D eigenvalue weighted by atomic mass is 19.1. The maximum Gasteiger partial charge on any atom is 0.134 e. The van der Waals surface area contributed by atoms with Crippen molar-refractivity contribution in [3.8, 4) is 0 Å². The summed E-state index contributed by atoms with van der Waals surface area (Å²) in [4.78, 5) is 0. The molecule has 3 heteroatoms. The molecule has 0 bridgehead atoms. The summed E-state index contributed by atoms with van der Waals surface area (Å²) in [7, 11) is 0. The SMILES string of the molecule is N=C(N)c1ccccc1F. The summed E-state index contributed by atoms with van der Waals surface area (Å²) in [5, 5.41) is 6.91. The molecule has 3 N–H and O–H groups in total. The number of nitrogens with two attached hydrogens (primary N) is 1. The Hall–Kier alpha value is -1.38. The second kappa shape index (κ2) is 2.47. The molecule has 0 aliphatic rings. The van der Waals surface area contributed by atoms with Crippen LogP contribution in [0.1, 0.15) is 5.56 Å². The van der Waals surface area contributed by atoms with Crippen LogP contribution in [-0.2, 0) is 0 Å². The molecule has 0 atom stereocenters. The minimum absolute atomic E-state index is 0.155. The van der Waals surface area contributed by atoms with Gasteiger partial charge in [0.1, 0.15) is 11.7 Å². The fourth-order valence-corrected chi connectivity index (χ4v) is 0.680. The largest absolute Gasteiger partial charge is 0.384 e. The zero-order valence-corrected chi connectivity index (χ0v) is 5.26. The third-order valence-electron chi connectivity index (χ3n) is 1.16. The zero-order chi connectivity index (χ0) is 7.56. The van der Waals surface area contributed by atoms with E-state index in [0.29, 0.717) is 0 Å². The number of nitrogens with one attached hydrogen (secondary N) is 1. The van der Waals surface area contributed by atoms with E-state index in [4.69, 9.17) is 11.1 Å². The van der Waals surface area contributed by atoms with Gasteiger partial charge in [0.2, 0.25) is 0 Å². The summed E-state index contributed by atoms with van der Waals surface area (Å²) in [6.07, 6.45) is 0. The molecule has 0 spiro atoms. The number of benzene rings is 1. The van der Waals surface area contributed by atoms with Crippen molar-refractivity contribution >= 4 is 5.84 Å². The van der Waals surface area contributed by atoms with Crippen molar-refractivity contribution in [2.45, 2.75) is 0 Å². The molecule has 1 rings (SSSR count). The average molecular weight is 138 g/mol. The van der Waals surface area contributed by atoms with Gasteiger partial charge in [-0.1, -0.05) is 12.1 Å². The van der Waals surface area contributed by atoms with Gasteiger partial charge in [0.05, 0.1) is 5.56 Å². The van der Waals surface area contributed by atoms with Crippen LogP contribution in [0.2, 0.25) is 0 Å². The van der Waals surface area contributed by atoms with E-state index in [1.54, 1.807) is 12.1 Å². The lowest BCUT2D eigenvalue weighted by molar-refractivity contribution is 0.625. The monoisotopic (exact) mass is 138 g/mol. The van der Waals surface area contributed by atoms with Crippen molar-refractivity contribution in [3.05, 3.63) is 35.6 Å². The van der Waals surface area contributed by atoms with Crippen molar-refractivity contribution in [1.29, 1.82) is 5.41 Å². The van der Waals surface area contributed by atoms with E-state index in [2.05, 4.69) is 0 Å². The number of halogens is 1. The molecule has 0 unspecified atom stereocenters. The van der Waals surface area contributed by atoms with Crippen molar-refractivity contribution in [1.82, 2.24) is 0 Å². The van der Waals surface area contributed by atoms with Crippen LogP contribution in [0.15, 0.2) is 24.3 Å². The van der Waals surface area contributed by atoms with Gasteiger partial charge in [-0.3, -0.25) is 5.41 Å². The van der Waals surface area contributed by atoms with Crippen LogP contribution in [0.25, 0.3) is 0 Å². The molecular weight excluding hydrogens is 131 g/mol. The minimum atomic E-state index is -0.449. The zero-order valence-electron chi connectivity index (χ0n) is 5.26. The van der Waals surface area contributed by atoms with Crippen LogP contribution in [0.3, 0.4) is 0 Å². The summed E-state index contributed by atoms with van der Waals surface area (Å²) in [6.45, 7) is 0. The molecule has 0 radical (unpaired) electrons. The van der Waals surface area contributed by atoms with Gasteiger partial charge in [-0.05, 0) is 12.1 Å². The van der Waals surface area contributed by atoms with Crippen LogP contribution in [0, 0.1) is 11.2 Å². The Morgan fingerprint density at radius 2 is 2.00 bits per heavy atom. The molecule has 1 aromatic rings.